The molecular weight excluding hydrogens is 360 g/mol. The van der Waals surface area contributed by atoms with Crippen molar-refractivity contribution >= 4 is 5.97 Å². The molecule has 1 aliphatic heterocycles. The molecule has 0 aromatic rings. The highest BCUT2D eigenvalue weighted by Crippen LogP contribution is 2.26. The van der Waals surface area contributed by atoms with E-state index in [1.54, 1.807) is 0 Å². The Labute approximate surface area is 167 Å². The summed E-state index contributed by atoms with van der Waals surface area (Å²) < 4.78 is 5.73. The van der Waals surface area contributed by atoms with Crippen LogP contribution in [0.4, 0.5) is 0 Å². The standard InChI is InChI=1S/C22H34O6/c1-2-3-4-5-6-7-8-9-10-11-20-19(25)16-21(28-20)18(24)14-12-17(23)13-15-22(26)27/h3-4,6-7,9-10,12,14,17-21,23-25H,2,5,8,11,13,15-16H2,1H3,(H,26,27)/b4-3-,7-6-,10-9-,14-12+/t17-,18-,19-,20-,21+/m1/s1. The van der Waals surface area contributed by atoms with E-state index in [-0.39, 0.29) is 18.9 Å². The zero-order valence-electron chi connectivity index (χ0n) is 16.6. The van der Waals surface area contributed by atoms with E-state index in [2.05, 4.69) is 31.2 Å². The molecule has 158 valence electrons. The average molecular weight is 395 g/mol. The van der Waals surface area contributed by atoms with Crippen molar-refractivity contribution in [1.82, 2.24) is 0 Å². The molecule has 1 saturated heterocycles. The van der Waals surface area contributed by atoms with Crippen LogP contribution in [0.15, 0.2) is 48.6 Å². The Bertz CT molecular complexity index is 551. The molecule has 6 nitrogen and oxygen atoms in total. The van der Waals surface area contributed by atoms with Crippen molar-refractivity contribution in [3.05, 3.63) is 48.6 Å². The SMILES string of the molecule is CC/C=C\C/C=C\C/C=C\C[C@H]1O[C@H]([C@H](O)/C=C/[C@@H](O)CCC(=O)O)C[C@H]1O. The van der Waals surface area contributed by atoms with Gasteiger partial charge in [0.2, 0.25) is 0 Å². The van der Waals surface area contributed by atoms with E-state index in [1.165, 1.54) is 12.2 Å². The van der Waals surface area contributed by atoms with E-state index < -0.39 is 30.4 Å². The van der Waals surface area contributed by atoms with Crippen molar-refractivity contribution in [3.8, 4) is 0 Å². The monoisotopic (exact) mass is 394 g/mol. The number of carboxylic acids is 1. The number of hydrogen-bond acceptors (Lipinski definition) is 5. The maximum atomic E-state index is 10.5. The number of carboxylic acid groups (broad SMARTS) is 1. The van der Waals surface area contributed by atoms with Crippen molar-refractivity contribution in [2.24, 2.45) is 0 Å². The Balaban J connectivity index is 2.32. The Hall–Kier alpha value is -1.73. The van der Waals surface area contributed by atoms with Crippen LogP contribution in [-0.2, 0) is 9.53 Å². The zero-order valence-corrected chi connectivity index (χ0v) is 16.6. The van der Waals surface area contributed by atoms with Crippen LogP contribution in [0.3, 0.4) is 0 Å². The maximum absolute atomic E-state index is 10.5. The Kier molecular flexibility index (Phi) is 12.4. The second kappa shape index (κ2) is 14.3. The summed E-state index contributed by atoms with van der Waals surface area (Å²) in [6.45, 7) is 2.11. The van der Waals surface area contributed by atoms with Crippen LogP contribution >= 0.6 is 0 Å². The highest BCUT2D eigenvalue weighted by molar-refractivity contribution is 5.66. The predicted molar refractivity (Wildman–Crippen MR) is 109 cm³/mol. The molecule has 0 aromatic heterocycles. The summed E-state index contributed by atoms with van der Waals surface area (Å²) in [5.41, 5.74) is 0. The highest BCUT2D eigenvalue weighted by Gasteiger charge is 2.36. The van der Waals surface area contributed by atoms with Crippen LogP contribution < -0.4 is 0 Å². The Morgan fingerprint density at radius 1 is 1.07 bits per heavy atom. The number of aliphatic carboxylic acids is 1. The molecule has 28 heavy (non-hydrogen) atoms. The number of carbonyl (C=O) groups is 1. The molecular formula is C22H34O6. The number of ether oxygens (including phenoxy) is 1. The molecule has 5 atom stereocenters. The second-order valence-electron chi connectivity index (χ2n) is 6.92. The van der Waals surface area contributed by atoms with Crippen molar-refractivity contribution in [1.29, 1.82) is 0 Å². The topological polar surface area (TPSA) is 107 Å². The van der Waals surface area contributed by atoms with Crippen LogP contribution in [0.1, 0.15) is 51.9 Å². The molecule has 1 aliphatic rings. The summed E-state index contributed by atoms with van der Waals surface area (Å²) in [4.78, 5) is 10.5. The first-order chi connectivity index (χ1) is 13.4. The van der Waals surface area contributed by atoms with Gasteiger partial charge in [0.15, 0.2) is 0 Å². The molecule has 1 heterocycles. The molecule has 0 spiro atoms. The van der Waals surface area contributed by atoms with Crippen LogP contribution in [0.2, 0.25) is 0 Å². The summed E-state index contributed by atoms with van der Waals surface area (Å²) in [6.07, 6.45) is 15.5. The van der Waals surface area contributed by atoms with Gasteiger partial charge in [-0.15, -0.1) is 0 Å². The largest absolute Gasteiger partial charge is 0.481 e. The predicted octanol–water partition coefficient (Wildman–Crippen LogP) is 2.90. The minimum atomic E-state index is -0.977. The first kappa shape index (κ1) is 24.3. The summed E-state index contributed by atoms with van der Waals surface area (Å²) in [5, 5.41) is 38.5. The number of aliphatic hydroxyl groups excluding tert-OH is 3. The van der Waals surface area contributed by atoms with Gasteiger partial charge in [-0.3, -0.25) is 4.79 Å². The van der Waals surface area contributed by atoms with E-state index >= 15 is 0 Å². The number of allylic oxidation sites excluding steroid dienone is 5. The lowest BCUT2D eigenvalue weighted by Crippen LogP contribution is -2.24. The molecule has 1 rings (SSSR count). The Morgan fingerprint density at radius 2 is 1.71 bits per heavy atom. The van der Waals surface area contributed by atoms with Gasteiger partial charge in [0.1, 0.15) is 0 Å². The molecule has 0 saturated carbocycles. The first-order valence-corrected chi connectivity index (χ1v) is 9.98. The number of rotatable bonds is 13. The fourth-order valence-corrected chi connectivity index (χ4v) is 2.87. The Morgan fingerprint density at radius 3 is 2.36 bits per heavy atom. The van der Waals surface area contributed by atoms with Gasteiger partial charge in [-0.05, 0) is 32.1 Å². The smallest absolute Gasteiger partial charge is 0.303 e. The lowest BCUT2D eigenvalue weighted by molar-refractivity contribution is -0.137. The quantitative estimate of drug-likeness (QED) is 0.358. The van der Waals surface area contributed by atoms with Gasteiger partial charge in [0, 0.05) is 12.8 Å². The highest BCUT2D eigenvalue weighted by atomic mass is 16.5. The third kappa shape index (κ3) is 10.6. The van der Waals surface area contributed by atoms with E-state index in [1.807, 2.05) is 12.2 Å². The van der Waals surface area contributed by atoms with Crippen molar-refractivity contribution < 1.29 is 30.0 Å². The molecule has 4 N–H and O–H groups in total. The van der Waals surface area contributed by atoms with Crippen molar-refractivity contribution in [2.75, 3.05) is 0 Å². The van der Waals surface area contributed by atoms with Gasteiger partial charge in [0.05, 0.1) is 30.5 Å². The van der Waals surface area contributed by atoms with Crippen molar-refractivity contribution in [3.63, 3.8) is 0 Å². The van der Waals surface area contributed by atoms with Gasteiger partial charge in [0.25, 0.3) is 0 Å². The molecule has 0 radical (unpaired) electrons. The molecule has 0 amide bonds. The van der Waals surface area contributed by atoms with Gasteiger partial charge in [-0.25, -0.2) is 0 Å². The van der Waals surface area contributed by atoms with E-state index in [0.717, 1.165) is 19.3 Å². The molecule has 0 bridgehead atoms. The van der Waals surface area contributed by atoms with E-state index in [9.17, 15) is 20.1 Å². The zero-order chi connectivity index (χ0) is 20.8. The number of hydrogen-bond donors (Lipinski definition) is 4. The molecule has 1 fully saturated rings. The maximum Gasteiger partial charge on any atom is 0.303 e. The van der Waals surface area contributed by atoms with Gasteiger partial charge < -0.3 is 25.2 Å². The fraction of sp³-hybridized carbons (Fsp3) is 0.591. The second-order valence-corrected chi connectivity index (χ2v) is 6.92. The summed E-state index contributed by atoms with van der Waals surface area (Å²) >= 11 is 0. The lowest BCUT2D eigenvalue weighted by atomic mass is 10.0. The van der Waals surface area contributed by atoms with E-state index in [4.69, 9.17) is 9.84 Å². The lowest BCUT2D eigenvalue weighted by Gasteiger charge is -2.16. The summed E-state index contributed by atoms with van der Waals surface area (Å²) in [7, 11) is 0. The molecule has 6 heteroatoms. The first-order valence-electron chi connectivity index (χ1n) is 9.98. The van der Waals surface area contributed by atoms with Crippen LogP contribution in [-0.4, -0.2) is 56.9 Å². The molecule has 0 aliphatic carbocycles. The van der Waals surface area contributed by atoms with Crippen LogP contribution in [0.25, 0.3) is 0 Å². The average Bonchev–Trinajstić information content (AvgIpc) is 3.03. The minimum absolute atomic E-state index is 0.0868. The number of aliphatic hydroxyl groups is 3. The summed E-state index contributed by atoms with van der Waals surface area (Å²) in [5.74, 6) is -0.977. The van der Waals surface area contributed by atoms with Crippen LogP contribution in [0, 0.1) is 0 Å². The third-order valence-corrected chi connectivity index (χ3v) is 4.47. The molecule has 0 unspecified atom stereocenters. The fourth-order valence-electron chi connectivity index (χ4n) is 2.87. The minimum Gasteiger partial charge on any atom is -0.481 e. The van der Waals surface area contributed by atoms with Gasteiger partial charge in [-0.2, -0.15) is 0 Å². The molecule has 0 aromatic carbocycles. The van der Waals surface area contributed by atoms with E-state index in [0.29, 0.717) is 12.8 Å². The van der Waals surface area contributed by atoms with Gasteiger partial charge >= 0.3 is 5.97 Å². The van der Waals surface area contributed by atoms with Gasteiger partial charge in [-0.1, -0.05) is 55.5 Å². The van der Waals surface area contributed by atoms with Crippen LogP contribution in [0.5, 0.6) is 0 Å². The third-order valence-electron chi connectivity index (χ3n) is 4.47. The summed E-state index contributed by atoms with van der Waals surface area (Å²) in [6, 6.07) is 0. The van der Waals surface area contributed by atoms with Crippen molar-refractivity contribution in [2.45, 2.75) is 82.4 Å². The normalized spacial score (nSPS) is 25.5.